The van der Waals surface area contributed by atoms with Crippen LogP contribution in [0.25, 0.3) is 87.6 Å². The predicted octanol–water partition coefficient (Wildman–Crippen LogP) is 14.3. The fourth-order valence-corrected chi connectivity index (χ4v) is 8.20. The Morgan fingerprint density at radius 1 is 0.340 bits per heavy atom. The molecule has 0 heterocycles. The van der Waals surface area contributed by atoms with Crippen LogP contribution in [0.3, 0.4) is 0 Å². The number of rotatable bonds is 4. The molecule has 0 heteroatoms. The summed E-state index contributed by atoms with van der Waals surface area (Å²) in [4.78, 5) is 0. The van der Waals surface area contributed by atoms with E-state index in [-0.39, 0.29) is 5.41 Å². The minimum atomic E-state index is 0.135. The first-order valence-corrected chi connectivity index (χ1v) is 17.8. The van der Waals surface area contributed by atoms with Crippen molar-refractivity contribution in [1.29, 1.82) is 0 Å². The van der Waals surface area contributed by atoms with E-state index in [2.05, 4.69) is 186 Å². The summed E-state index contributed by atoms with van der Waals surface area (Å²) in [5.41, 5.74) is 14.3. The van der Waals surface area contributed by atoms with Gasteiger partial charge in [0.1, 0.15) is 0 Å². The zero-order valence-electron chi connectivity index (χ0n) is 29.4. The molecule has 0 saturated heterocycles. The van der Waals surface area contributed by atoms with E-state index in [1.807, 2.05) is 0 Å². The first kappa shape index (κ1) is 30.3. The van der Waals surface area contributed by atoms with Crippen LogP contribution >= 0.6 is 0 Å². The lowest BCUT2D eigenvalue weighted by molar-refractivity contribution is 0.590. The molecule has 0 unspecified atom stereocenters. The van der Waals surface area contributed by atoms with Gasteiger partial charge >= 0.3 is 0 Å². The molecule has 9 aromatic rings. The molecule has 0 aliphatic rings. The van der Waals surface area contributed by atoms with Crippen LogP contribution in [0.2, 0.25) is 0 Å². The normalized spacial score (nSPS) is 12.1. The average molecular weight is 641 g/mol. The van der Waals surface area contributed by atoms with Crippen molar-refractivity contribution in [2.45, 2.75) is 40.0 Å². The van der Waals surface area contributed by atoms with Crippen molar-refractivity contribution < 1.29 is 0 Å². The topological polar surface area (TPSA) is 0 Å². The molecule has 0 bridgehead atoms. The van der Waals surface area contributed by atoms with Crippen LogP contribution in [0.1, 0.15) is 37.5 Å². The lowest BCUT2D eigenvalue weighted by Crippen LogP contribution is -2.10. The second-order valence-corrected chi connectivity index (χ2v) is 15.1. The van der Waals surface area contributed by atoms with Gasteiger partial charge in [-0.2, -0.15) is 0 Å². The number of hydrogen-bond acceptors (Lipinski definition) is 0. The summed E-state index contributed by atoms with van der Waals surface area (Å²) in [6.45, 7) is 11.3. The van der Waals surface area contributed by atoms with Gasteiger partial charge < -0.3 is 0 Å². The Morgan fingerprint density at radius 2 is 0.800 bits per heavy atom. The van der Waals surface area contributed by atoms with Crippen molar-refractivity contribution in [3.8, 4) is 44.5 Å². The van der Waals surface area contributed by atoms with Crippen molar-refractivity contribution in [2.24, 2.45) is 0 Å². The van der Waals surface area contributed by atoms with E-state index in [1.165, 1.54) is 104 Å². The van der Waals surface area contributed by atoms with Gasteiger partial charge in [0.05, 0.1) is 0 Å². The Morgan fingerprint density at radius 3 is 1.36 bits per heavy atom. The number of benzene rings is 9. The third-order valence-electron chi connectivity index (χ3n) is 10.9. The van der Waals surface area contributed by atoms with E-state index in [0.29, 0.717) is 0 Å². The highest BCUT2D eigenvalue weighted by atomic mass is 14.2. The van der Waals surface area contributed by atoms with Gasteiger partial charge in [0, 0.05) is 0 Å². The summed E-state index contributed by atoms with van der Waals surface area (Å²) in [6.07, 6.45) is 0. The molecule has 0 fully saturated rings. The van der Waals surface area contributed by atoms with Crippen LogP contribution in [-0.4, -0.2) is 0 Å². The van der Waals surface area contributed by atoms with Crippen molar-refractivity contribution in [3.05, 3.63) is 168 Å². The van der Waals surface area contributed by atoms with Gasteiger partial charge in [-0.15, -0.1) is 0 Å². The smallest absolute Gasteiger partial charge is 0.00203 e. The van der Waals surface area contributed by atoms with Gasteiger partial charge in [0.2, 0.25) is 0 Å². The van der Waals surface area contributed by atoms with Gasteiger partial charge in [0.25, 0.3) is 0 Å². The highest BCUT2D eigenvalue weighted by Crippen LogP contribution is 2.43. The first-order valence-electron chi connectivity index (χ1n) is 17.8. The second-order valence-electron chi connectivity index (χ2n) is 15.1. The van der Waals surface area contributed by atoms with E-state index in [4.69, 9.17) is 0 Å². The van der Waals surface area contributed by atoms with Crippen molar-refractivity contribution in [3.63, 3.8) is 0 Å². The van der Waals surface area contributed by atoms with Crippen LogP contribution in [0, 0.1) is 13.8 Å². The quantitative estimate of drug-likeness (QED) is 0.168. The van der Waals surface area contributed by atoms with Gasteiger partial charge in [-0.3, -0.25) is 0 Å². The molecule has 240 valence electrons. The molecule has 0 nitrogen and oxygen atoms in total. The molecule has 0 saturated carbocycles. The number of aryl methyl sites for hydroxylation is 2. The fraction of sp³-hybridized carbons (Fsp3) is 0.120. The molecule has 0 aliphatic heterocycles. The van der Waals surface area contributed by atoms with E-state index < -0.39 is 0 Å². The molecule has 0 atom stereocenters. The Balaban J connectivity index is 1.12. The molecule has 0 N–H and O–H groups in total. The van der Waals surface area contributed by atoms with Crippen LogP contribution in [0.5, 0.6) is 0 Å². The van der Waals surface area contributed by atoms with Gasteiger partial charge in [-0.05, 0) is 124 Å². The van der Waals surface area contributed by atoms with Gasteiger partial charge in [-0.1, -0.05) is 172 Å². The number of hydrogen-bond donors (Lipinski definition) is 0. The van der Waals surface area contributed by atoms with E-state index >= 15 is 0 Å². The lowest BCUT2D eigenvalue weighted by atomic mass is 9.84. The molecule has 0 amide bonds. The van der Waals surface area contributed by atoms with Crippen LogP contribution in [0.4, 0.5) is 0 Å². The maximum absolute atomic E-state index is 2.38. The first-order chi connectivity index (χ1) is 24.2. The number of fused-ring (bicyclic) bond motifs is 1. The average Bonchev–Trinajstić information content (AvgIpc) is 3.13. The van der Waals surface area contributed by atoms with Crippen molar-refractivity contribution in [2.75, 3.05) is 0 Å². The Hall–Kier alpha value is -5.72. The highest BCUT2D eigenvalue weighted by Gasteiger charge is 2.17. The molecular weight excluding hydrogens is 601 g/mol. The van der Waals surface area contributed by atoms with Crippen LogP contribution < -0.4 is 0 Å². The zero-order valence-corrected chi connectivity index (χ0v) is 29.4. The zero-order chi connectivity index (χ0) is 34.1. The molecule has 0 aliphatic carbocycles. The SMILES string of the molecule is Cc1cc(-c2cccc3ccccc23)ccc1-c1ccc(-c2ccc3ccc4c(-c5ccc(C(C)(C)C)cc5)ccc5ccc2c3c54)cc1C. The van der Waals surface area contributed by atoms with Crippen molar-refractivity contribution in [1.82, 2.24) is 0 Å². The molecule has 9 aromatic carbocycles. The monoisotopic (exact) mass is 640 g/mol. The van der Waals surface area contributed by atoms with E-state index in [1.54, 1.807) is 0 Å². The van der Waals surface area contributed by atoms with E-state index in [9.17, 15) is 0 Å². The minimum Gasteiger partial charge on any atom is -0.0616 e. The maximum Gasteiger partial charge on any atom is -0.00203 e. The van der Waals surface area contributed by atoms with Gasteiger partial charge in [0.15, 0.2) is 0 Å². The summed E-state index contributed by atoms with van der Waals surface area (Å²) in [5.74, 6) is 0. The largest absolute Gasteiger partial charge is 0.0616 e. The Kier molecular flexibility index (Phi) is 6.94. The summed E-state index contributed by atoms with van der Waals surface area (Å²) < 4.78 is 0. The van der Waals surface area contributed by atoms with E-state index in [0.717, 1.165) is 0 Å². The lowest BCUT2D eigenvalue weighted by Gasteiger charge is -2.20. The fourth-order valence-electron chi connectivity index (χ4n) is 8.20. The Labute approximate surface area is 295 Å². The van der Waals surface area contributed by atoms with Crippen LogP contribution in [-0.2, 0) is 5.41 Å². The molecule has 0 aromatic heterocycles. The third-order valence-corrected chi connectivity index (χ3v) is 10.9. The summed E-state index contributed by atoms with van der Waals surface area (Å²) >= 11 is 0. The molecular formula is C50H40. The predicted molar refractivity (Wildman–Crippen MR) is 218 cm³/mol. The summed E-state index contributed by atoms with van der Waals surface area (Å²) in [6, 6.07) is 56.8. The minimum absolute atomic E-state index is 0.135. The third kappa shape index (κ3) is 4.90. The van der Waals surface area contributed by atoms with Crippen molar-refractivity contribution >= 4 is 43.1 Å². The molecule has 0 spiro atoms. The summed E-state index contributed by atoms with van der Waals surface area (Å²) in [7, 11) is 0. The highest BCUT2D eigenvalue weighted by molar-refractivity contribution is 6.27. The maximum atomic E-state index is 2.38. The van der Waals surface area contributed by atoms with Crippen LogP contribution in [0.15, 0.2) is 152 Å². The summed E-state index contributed by atoms with van der Waals surface area (Å²) in [5, 5.41) is 10.5. The van der Waals surface area contributed by atoms with Gasteiger partial charge in [-0.25, -0.2) is 0 Å². The Bertz CT molecular complexity index is 2730. The molecule has 0 radical (unpaired) electrons. The molecule has 9 rings (SSSR count). The standard InChI is InChI=1S/C50H40/c1-31-29-37(43-12-8-10-33-9-6-7-11-42(33)43)19-23-40(31)41-24-20-38(30-32(41)2)45-26-16-36-17-27-46-44(34-13-21-39(22-14-34)50(3,4)5)25-15-35-18-28-47(45)49(36)48(35)46/h6-30H,1-5H3. The second kappa shape index (κ2) is 11.4. The molecule has 50 heavy (non-hydrogen) atoms.